The Kier molecular flexibility index (Phi) is 4.93. The van der Waals surface area contributed by atoms with Crippen molar-refractivity contribution in [3.05, 3.63) is 53.1 Å². The van der Waals surface area contributed by atoms with Crippen molar-refractivity contribution in [1.29, 1.82) is 0 Å². The molecule has 0 fully saturated rings. The smallest absolute Gasteiger partial charge is 0.416 e. The summed E-state index contributed by atoms with van der Waals surface area (Å²) in [5.41, 5.74) is 4.77. The molecule has 0 saturated carbocycles. The van der Waals surface area contributed by atoms with Crippen LogP contribution in [0.25, 0.3) is 0 Å². The van der Waals surface area contributed by atoms with Crippen molar-refractivity contribution in [3.8, 4) is 11.5 Å². The van der Waals surface area contributed by atoms with Gasteiger partial charge in [0.25, 0.3) is 0 Å². The SMILES string of the molecule is Cc1c(NC(N)=S)cccc1Oc1c(F)cc(C(F)(F)F)cc1F. The number of benzene rings is 2. The van der Waals surface area contributed by atoms with Gasteiger partial charge in [-0.25, -0.2) is 8.78 Å². The van der Waals surface area contributed by atoms with Gasteiger partial charge in [-0.05, 0) is 43.4 Å². The zero-order chi connectivity index (χ0) is 18.1. The number of nitrogens with one attached hydrogen (secondary N) is 1. The first-order valence-corrected chi connectivity index (χ1v) is 6.90. The Morgan fingerprint density at radius 1 is 1.17 bits per heavy atom. The molecule has 128 valence electrons. The van der Waals surface area contributed by atoms with Crippen molar-refractivity contribution < 1.29 is 26.7 Å². The van der Waals surface area contributed by atoms with Crippen LogP contribution >= 0.6 is 12.2 Å². The van der Waals surface area contributed by atoms with E-state index in [1.54, 1.807) is 13.0 Å². The van der Waals surface area contributed by atoms with Gasteiger partial charge in [0.05, 0.1) is 5.56 Å². The summed E-state index contributed by atoms with van der Waals surface area (Å²) in [5.74, 6) is -3.82. The first-order chi connectivity index (χ1) is 11.1. The van der Waals surface area contributed by atoms with Crippen LogP contribution in [0.4, 0.5) is 27.6 Å². The van der Waals surface area contributed by atoms with Gasteiger partial charge in [0.1, 0.15) is 5.75 Å². The highest BCUT2D eigenvalue weighted by Gasteiger charge is 2.33. The first-order valence-electron chi connectivity index (χ1n) is 6.49. The minimum Gasteiger partial charge on any atom is -0.451 e. The number of rotatable bonds is 3. The van der Waals surface area contributed by atoms with E-state index in [2.05, 4.69) is 5.32 Å². The first kappa shape index (κ1) is 17.9. The molecule has 0 heterocycles. The summed E-state index contributed by atoms with van der Waals surface area (Å²) in [6, 6.07) is 4.84. The Bertz CT molecular complexity index is 769. The maximum atomic E-state index is 13.8. The largest absolute Gasteiger partial charge is 0.451 e. The Labute approximate surface area is 139 Å². The zero-order valence-electron chi connectivity index (χ0n) is 12.2. The molecule has 2 aromatic carbocycles. The molecule has 0 amide bonds. The number of hydrogen-bond acceptors (Lipinski definition) is 2. The Hall–Kier alpha value is -2.42. The lowest BCUT2D eigenvalue weighted by Gasteiger charge is -2.15. The van der Waals surface area contributed by atoms with Crippen LogP contribution in [0.5, 0.6) is 11.5 Å². The summed E-state index contributed by atoms with van der Waals surface area (Å²) in [4.78, 5) is 0. The van der Waals surface area contributed by atoms with Gasteiger partial charge < -0.3 is 15.8 Å². The second-order valence-electron chi connectivity index (χ2n) is 4.79. The Balaban J connectivity index is 2.40. The van der Waals surface area contributed by atoms with Crippen molar-refractivity contribution in [3.63, 3.8) is 0 Å². The highest BCUT2D eigenvalue weighted by molar-refractivity contribution is 7.80. The summed E-state index contributed by atoms with van der Waals surface area (Å²) in [6.07, 6.45) is -4.86. The normalized spacial score (nSPS) is 11.2. The van der Waals surface area contributed by atoms with Crippen LogP contribution in [0, 0.1) is 18.6 Å². The molecule has 2 aromatic rings. The standard InChI is InChI=1S/C15H11F5N2OS/c1-7-11(22-14(21)24)3-2-4-12(7)23-13-9(16)5-8(6-10(13)17)15(18,19)20/h2-6H,1H3,(H3,21,22,24). The van der Waals surface area contributed by atoms with E-state index in [0.717, 1.165) is 0 Å². The second-order valence-corrected chi connectivity index (χ2v) is 5.23. The molecule has 0 spiro atoms. The van der Waals surface area contributed by atoms with Gasteiger partial charge in [-0.15, -0.1) is 0 Å². The van der Waals surface area contributed by atoms with Gasteiger partial charge in [0.2, 0.25) is 0 Å². The maximum Gasteiger partial charge on any atom is 0.416 e. The second kappa shape index (κ2) is 6.60. The molecule has 0 bridgehead atoms. The van der Waals surface area contributed by atoms with E-state index in [1.165, 1.54) is 12.1 Å². The van der Waals surface area contributed by atoms with Crippen LogP contribution in [0.2, 0.25) is 0 Å². The number of alkyl halides is 3. The van der Waals surface area contributed by atoms with E-state index < -0.39 is 29.1 Å². The fourth-order valence-corrected chi connectivity index (χ4v) is 2.03. The summed E-state index contributed by atoms with van der Waals surface area (Å²) >= 11 is 4.70. The number of halogens is 5. The highest BCUT2D eigenvalue weighted by atomic mass is 32.1. The van der Waals surface area contributed by atoms with Crippen LogP contribution in [-0.4, -0.2) is 5.11 Å². The lowest BCUT2D eigenvalue weighted by molar-refractivity contribution is -0.138. The highest BCUT2D eigenvalue weighted by Crippen LogP contribution is 2.37. The summed E-state index contributed by atoms with van der Waals surface area (Å²) in [6.45, 7) is 1.57. The van der Waals surface area contributed by atoms with E-state index in [1.807, 2.05) is 0 Å². The molecule has 0 aliphatic heterocycles. The van der Waals surface area contributed by atoms with Gasteiger partial charge in [-0.3, -0.25) is 0 Å². The zero-order valence-corrected chi connectivity index (χ0v) is 13.0. The predicted molar refractivity (Wildman–Crippen MR) is 83.0 cm³/mol. The summed E-state index contributed by atoms with van der Waals surface area (Å²) < 4.78 is 70.4. The molecule has 0 aliphatic carbocycles. The molecule has 24 heavy (non-hydrogen) atoms. The molecule has 0 radical (unpaired) electrons. The van der Waals surface area contributed by atoms with E-state index in [-0.39, 0.29) is 23.0 Å². The van der Waals surface area contributed by atoms with Crippen LogP contribution in [0.3, 0.4) is 0 Å². The third-order valence-corrected chi connectivity index (χ3v) is 3.18. The van der Waals surface area contributed by atoms with Gasteiger partial charge in [-0.2, -0.15) is 13.2 Å². The lowest BCUT2D eigenvalue weighted by Crippen LogP contribution is -2.19. The topological polar surface area (TPSA) is 47.3 Å². The molecule has 0 aliphatic rings. The fraction of sp³-hybridized carbons (Fsp3) is 0.133. The molecule has 0 aromatic heterocycles. The maximum absolute atomic E-state index is 13.8. The monoisotopic (exact) mass is 362 g/mol. The quantitative estimate of drug-likeness (QED) is 0.612. The molecule has 9 heteroatoms. The number of hydrogen-bond donors (Lipinski definition) is 2. The van der Waals surface area contributed by atoms with Crippen molar-refractivity contribution >= 4 is 23.0 Å². The Morgan fingerprint density at radius 3 is 2.25 bits per heavy atom. The van der Waals surface area contributed by atoms with Crippen LogP contribution in [0.15, 0.2) is 30.3 Å². The molecular weight excluding hydrogens is 351 g/mol. The number of nitrogens with two attached hydrogens (primary N) is 1. The third-order valence-electron chi connectivity index (χ3n) is 3.08. The third kappa shape index (κ3) is 3.91. The van der Waals surface area contributed by atoms with E-state index in [0.29, 0.717) is 11.3 Å². The van der Waals surface area contributed by atoms with Gasteiger partial charge >= 0.3 is 6.18 Å². The lowest BCUT2D eigenvalue weighted by atomic mass is 10.1. The number of thiocarbonyl (C=S) groups is 1. The van der Waals surface area contributed by atoms with Crippen molar-refractivity contribution in [2.24, 2.45) is 5.73 Å². The molecule has 3 N–H and O–H groups in total. The van der Waals surface area contributed by atoms with Crippen LogP contribution in [0.1, 0.15) is 11.1 Å². The average molecular weight is 362 g/mol. The van der Waals surface area contributed by atoms with Gasteiger partial charge in [-0.1, -0.05) is 6.07 Å². The fourth-order valence-electron chi connectivity index (χ4n) is 1.92. The van der Waals surface area contributed by atoms with E-state index in [9.17, 15) is 22.0 Å². The van der Waals surface area contributed by atoms with E-state index in [4.69, 9.17) is 22.7 Å². The average Bonchev–Trinajstić information content (AvgIpc) is 2.44. The van der Waals surface area contributed by atoms with Crippen LogP contribution in [-0.2, 0) is 6.18 Å². The molecular formula is C15H11F5N2OS. The van der Waals surface area contributed by atoms with Gasteiger partial charge in [0.15, 0.2) is 22.5 Å². The van der Waals surface area contributed by atoms with E-state index >= 15 is 0 Å². The number of ether oxygens (including phenoxy) is 1. The molecule has 2 rings (SSSR count). The minimum absolute atomic E-state index is 0.0258. The molecule has 0 saturated heterocycles. The molecule has 0 atom stereocenters. The number of anilines is 1. The van der Waals surface area contributed by atoms with Crippen molar-refractivity contribution in [2.45, 2.75) is 13.1 Å². The molecule has 0 unspecified atom stereocenters. The minimum atomic E-state index is -4.86. The Morgan fingerprint density at radius 2 is 1.75 bits per heavy atom. The molecule has 3 nitrogen and oxygen atoms in total. The van der Waals surface area contributed by atoms with Crippen molar-refractivity contribution in [2.75, 3.05) is 5.32 Å². The predicted octanol–water partition coefficient (Wildman–Crippen LogP) is 4.74. The van der Waals surface area contributed by atoms with Crippen molar-refractivity contribution in [1.82, 2.24) is 0 Å². The summed E-state index contributed by atoms with van der Waals surface area (Å²) in [7, 11) is 0. The van der Waals surface area contributed by atoms with Crippen LogP contribution < -0.4 is 15.8 Å². The van der Waals surface area contributed by atoms with Gasteiger partial charge in [0, 0.05) is 11.3 Å². The summed E-state index contributed by atoms with van der Waals surface area (Å²) in [5, 5.41) is 2.62.